The number of aliphatic hydroxyl groups excluding tert-OH is 1. The molecule has 0 saturated carbocycles. The van der Waals surface area contributed by atoms with Gasteiger partial charge in [-0.2, -0.15) is 13.2 Å². The molecule has 4 aromatic carbocycles. The Morgan fingerprint density at radius 2 is 1.52 bits per heavy atom. The van der Waals surface area contributed by atoms with Crippen LogP contribution in [0, 0.1) is 3.57 Å². The molecule has 5 nitrogen and oxygen atoms in total. The third-order valence-electron chi connectivity index (χ3n) is 7.63. The number of hydrogen-bond acceptors (Lipinski definition) is 3. The van der Waals surface area contributed by atoms with Crippen LogP contribution in [0.1, 0.15) is 44.2 Å². The maximum absolute atomic E-state index is 14.5. The summed E-state index contributed by atoms with van der Waals surface area (Å²) in [5, 5.41) is 11.9. The summed E-state index contributed by atoms with van der Waals surface area (Å²) < 4.78 is 41.4. The standard InChI is InChI=1S/C33H28F3IN2O3/c34-33(35,36)21-38-31(42)32(18-25-10-4-7-13-28(25)37)27-12-6-5-11-26(27)30(41)39(19-22-8-2-1-3-9-22)29(32)24-16-14-23(20-40)15-17-24/h1-17,29,40H,18-21H2,(H,38,42)/t29-,32-/m0/s1. The minimum absolute atomic E-state index is 0.0395. The molecule has 0 fully saturated rings. The van der Waals surface area contributed by atoms with Crippen molar-refractivity contribution >= 4 is 34.4 Å². The minimum atomic E-state index is -4.63. The first kappa shape index (κ1) is 29.8. The maximum atomic E-state index is 14.5. The fourth-order valence-corrected chi connectivity index (χ4v) is 6.33. The van der Waals surface area contributed by atoms with E-state index in [9.17, 15) is 27.9 Å². The van der Waals surface area contributed by atoms with Crippen molar-refractivity contribution in [3.63, 3.8) is 0 Å². The lowest BCUT2D eigenvalue weighted by atomic mass is 9.63. The largest absolute Gasteiger partial charge is 0.405 e. The summed E-state index contributed by atoms with van der Waals surface area (Å²) in [7, 11) is 0. The molecule has 0 unspecified atom stereocenters. The Morgan fingerprint density at radius 3 is 2.19 bits per heavy atom. The molecular formula is C33H28F3IN2O3. The van der Waals surface area contributed by atoms with Crippen LogP contribution >= 0.6 is 22.6 Å². The van der Waals surface area contributed by atoms with Gasteiger partial charge in [0.1, 0.15) is 12.0 Å². The van der Waals surface area contributed by atoms with Crippen LogP contribution < -0.4 is 5.32 Å². The fraction of sp³-hybridized carbons (Fsp3) is 0.212. The predicted octanol–water partition coefficient (Wildman–Crippen LogP) is 6.34. The summed E-state index contributed by atoms with van der Waals surface area (Å²) in [5.41, 5.74) is 1.77. The molecule has 0 aliphatic carbocycles. The average molecular weight is 684 g/mol. The summed E-state index contributed by atoms with van der Waals surface area (Å²) >= 11 is 2.16. The van der Waals surface area contributed by atoms with Crippen molar-refractivity contribution in [1.82, 2.24) is 10.2 Å². The fourth-order valence-electron chi connectivity index (χ4n) is 5.76. The maximum Gasteiger partial charge on any atom is 0.405 e. The average Bonchev–Trinajstić information content (AvgIpc) is 2.99. The summed E-state index contributed by atoms with van der Waals surface area (Å²) in [4.78, 5) is 30.3. The lowest BCUT2D eigenvalue weighted by Gasteiger charge is -2.50. The smallest absolute Gasteiger partial charge is 0.392 e. The third-order valence-corrected chi connectivity index (χ3v) is 8.69. The molecule has 2 N–H and O–H groups in total. The third kappa shape index (κ3) is 5.94. The van der Waals surface area contributed by atoms with Gasteiger partial charge in [0.2, 0.25) is 5.91 Å². The van der Waals surface area contributed by atoms with E-state index in [1.54, 1.807) is 53.4 Å². The van der Waals surface area contributed by atoms with Gasteiger partial charge in [0.05, 0.1) is 12.6 Å². The molecule has 2 atom stereocenters. The van der Waals surface area contributed by atoms with E-state index in [-0.39, 0.29) is 31.0 Å². The second kappa shape index (κ2) is 12.3. The van der Waals surface area contributed by atoms with Crippen LogP contribution in [-0.4, -0.2) is 34.5 Å². The lowest BCUT2D eigenvalue weighted by Crippen LogP contribution is -2.60. The zero-order chi connectivity index (χ0) is 29.9. The van der Waals surface area contributed by atoms with E-state index in [4.69, 9.17) is 0 Å². The topological polar surface area (TPSA) is 69.6 Å². The number of hydrogen-bond donors (Lipinski definition) is 2. The van der Waals surface area contributed by atoms with E-state index in [1.807, 2.05) is 54.6 Å². The lowest BCUT2D eigenvalue weighted by molar-refractivity contribution is -0.144. The van der Waals surface area contributed by atoms with E-state index in [0.29, 0.717) is 16.7 Å². The van der Waals surface area contributed by atoms with E-state index in [1.165, 1.54) is 0 Å². The first-order chi connectivity index (χ1) is 20.1. The number of alkyl halides is 3. The molecule has 0 aromatic heterocycles. The van der Waals surface area contributed by atoms with Gasteiger partial charge in [-0.15, -0.1) is 0 Å². The van der Waals surface area contributed by atoms with Gasteiger partial charge in [-0.05, 0) is 69.0 Å². The van der Waals surface area contributed by atoms with Crippen LogP contribution in [0.15, 0.2) is 103 Å². The second-order valence-electron chi connectivity index (χ2n) is 10.3. The number of benzene rings is 4. The molecule has 1 aliphatic heterocycles. The molecule has 1 aliphatic rings. The molecule has 9 heteroatoms. The van der Waals surface area contributed by atoms with Crippen LogP contribution in [0.2, 0.25) is 0 Å². The van der Waals surface area contributed by atoms with Gasteiger partial charge in [-0.1, -0.05) is 91.0 Å². The number of aliphatic hydroxyl groups is 1. The van der Waals surface area contributed by atoms with Gasteiger partial charge in [0.25, 0.3) is 5.91 Å². The molecule has 42 heavy (non-hydrogen) atoms. The van der Waals surface area contributed by atoms with E-state index >= 15 is 0 Å². The van der Waals surface area contributed by atoms with E-state index < -0.39 is 30.1 Å². The number of carbonyl (C=O) groups excluding carboxylic acids is 2. The van der Waals surface area contributed by atoms with Gasteiger partial charge in [0, 0.05) is 15.7 Å². The number of nitrogens with one attached hydrogen (secondary N) is 1. The van der Waals surface area contributed by atoms with Crippen LogP contribution in [0.5, 0.6) is 0 Å². The van der Waals surface area contributed by atoms with Crippen molar-refractivity contribution in [2.75, 3.05) is 6.54 Å². The van der Waals surface area contributed by atoms with Crippen LogP contribution in [0.25, 0.3) is 0 Å². The molecule has 216 valence electrons. The normalized spacial score (nSPS) is 18.5. The number of nitrogens with zero attached hydrogens (tertiary/aromatic N) is 1. The van der Waals surface area contributed by atoms with Crippen molar-refractivity contribution in [3.05, 3.63) is 140 Å². The highest BCUT2D eigenvalue weighted by Crippen LogP contribution is 2.50. The minimum Gasteiger partial charge on any atom is -0.392 e. The van der Waals surface area contributed by atoms with Crippen molar-refractivity contribution in [2.24, 2.45) is 0 Å². The highest BCUT2D eigenvalue weighted by molar-refractivity contribution is 14.1. The van der Waals surface area contributed by atoms with Gasteiger partial charge < -0.3 is 15.3 Å². The van der Waals surface area contributed by atoms with Gasteiger partial charge in [-0.3, -0.25) is 9.59 Å². The molecule has 0 radical (unpaired) electrons. The Kier molecular flexibility index (Phi) is 8.70. The molecule has 0 bridgehead atoms. The molecule has 2 amide bonds. The predicted molar refractivity (Wildman–Crippen MR) is 161 cm³/mol. The van der Waals surface area contributed by atoms with Gasteiger partial charge in [-0.25, -0.2) is 0 Å². The molecule has 0 saturated heterocycles. The van der Waals surface area contributed by atoms with Crippen molar-refractivity contribution in [2.45, 2.75) is 37.2 Å². The molecule has 1 heterocycles. The number of amides is 2. The van der Waals surface area contributed by atoms with Crippen LogP contribution in [0.3, 0.4) is 0 Å². The Bertz CT molecular complexity index is 1580. The molecular weight excluding hydrogens is 656 g/mol. The molecule has 4 aromatic rings. The SMILES string of the molecule is O=C1c2ccccc2[C@](Cc2ccccc2I)(C(=O)NCC(F)(F)F)[C@H](c2ccc(CO)cc2)N1Cc1ccccc1. The zero-order valence-electron chi connectivity index (χ0n) is 22.4. The van der Waals surface area contributed by atoms with Crippen molar-refractivity contribution < 1.29 is 27.9 Å². The number of rotatable bonds is 8. The van der Waals surface area contributed by atoms with Gasteiger partial charge >= 0.3 is 6.18 Å². The van der Waals surface area contributed by atoms with Crippen LogP contribution in [0.4, 0.5) is 13.2 Å². The van der Waals surface area contributed by atoms with E-state index in [0.717, 1.165) is 14.7 Å². The molecule has 5 rings (SSSR count). The monoisotopic (exact) mass is 684 g/mol. The summed E-state index contributed by atoms with van der Waals surface area (Å²) in [6, 6.07) is 29.3. The zero-order valence-corrected chi connectivity index (χ0v) is 24.6. The highest BCUT2D eigenvalue weighted by atomic mass is 127. The van der Waals surface area contributed by atoms with Crippen LogP contribution in [-0.2, 0) is 29.8 Å². The quantitative estimate of drug-likeness (QED) is 0.213. The first-order valence-corrected chi connectivity index (χ1v) is 14.4. The Hall–Kier alpha value is -3.70. The first-order valence-electron chi connectivity index (χ1n) is 13.4. The summed E-state index contributed by atoms with van der Waals surface area (Å²) in [6.07, 6.45) is -4.60. The van der Waals surface area contributed by atoms with Gasteiger partial charge in [0.15, 0.2) is 0 Å². The molecule has 0 spiro atoms. The number of halogens is 4. The Balaban J connectivity index is 1.81. The summed E-state index contributed by atoms with van der Waals surface area (Å²) in [5.74, 6) is -1.15. The van der Waals surface area contributed by atoms with E-state index in [2.05, 4.69) is 27.9 Å². The highest BCUT2D eigenvalue weighted by Gasteiger charge is 2.56. The number of carbonyl (C=O) groups is 2. The van der Waals surface area contributed by atoms with Crippen molar-refractivity contribution in [1.29, 1.82) is 0 Å². The Labute approximate surface area is 255 Å². The Morgan fingerprint density at radius 1 is 0.881 bits per heavy atom. The second-order valence-corrected chi connectivity index (χ2v) is 11.5. The van der Waals surface area contributed by atoms with Crippen molar-refractivity contribution in [3.8, 4) is 0 Å². The summed E-state index contributed by atoms with van der Waals surface area (Å²) in [6.45, 7) is -1.59. The number of fused-ring (bicyclic) bond motifs is 1.